The molecule has 0 spiro atoms. The molecule has 1 atom stereocenters. The van der Waals surface area contributed by atoms with Crippen LogP contribution in [0.15, 0.2) is 12.2 Å². The summed E-state index contributed by atoms with van der Waals surface area (Å²) >= 11 is 0. The van der Waals surface area contributed by atoms with E-state index in [0.717, 1.165) is 12.8 Å². The van der Waals surface area contributed by atoms with E-state index in [1.165, 1.54) is 21.1 Å². The zero-order chi connectivity index (χ0) is 12.2. The molecule has 0 radical (unpaired) electrons. The van der Waals surface area contributed by atoms with Gasteiger partial charge in [-0.2, -0.15) is 0 Å². The predicted molar refractivity (Wildman–Crippen MR) is 59.1 cm³/mol. The molecule has 0 amide bonds. The van der Waals surface area contributed by atoms with Crippen LogP contribution in [0.4, 0.5) is 0 Å². The number of rotatable bonds is 4. The van der Waals surface area contributed by atoms with E-state index >= 15 is 0 Å². The number of carbonyl (C=O) groups is 1. The highest BCUT2D eigenvalue weighted by Crippen LogP contribution is 2.63. The minimum Gasteiger partial charge on any atom is -0.442 e. The average Bonchev–Trinajstić information content (AvgIpc) is 2.28. The minimum atomic E-state index is -3.47. The topological polar surface area (TPSA) is 61.8 Å². The summed E-state index contributed by atoms with van der Waals surface area (Å²) in [6.45, 7) is 1.28. The quantitative estimate of drug-likeness (QED) is 0.434. The van der Waals surface area contributed by atoms with Crippen molar-refractivity contribution in [2.45, 2.75) is 31.5 Å². The molecule has 0 bridgehead atoms. The number of esters is 1. The largest absolute Gasteiger partial charge is 0.442 e. The standard InChI is InChI=1S/C10H17O5P/c1-9(11)15-10(7-5-4-6-8-10)16(12,13-2)14-3/h5,7H,4,6,8H2,1-3H3. The molecule has 1 aliphatic carbocycles. The second-order valence-corrected chi connectivity index (χ2v) is 6.08. The van der Waals surface area contributed by atoms with E-state index in [0.29, 0.717) is 6.42 Å². The van der Waals surface area contributed by atoms with Crippen molar-refractivity contribution in [3.8, 4) is 0 Å². The molecule has 0 aliphatic heterocycles. The Morgan fingerprint density at radius 3 is 2.38 bits per heavy atom. The van der Waals surface area contributed by atoms with Gasteiger partial charge in [0.15, 0.2) is 0 Å². The second kappa shape index (κ2) is 5.13. The van der Waals surface area contributed by atoms with E-state index in [1.807, 2.05) is 6.08 Å². The first-order chi connectivity index (χ1) is 7.49. The molecule has 0 aromatic rings. The first-order valence-electron chi connectivity index (χ1n) is 5.08. The molecule has 0 heterocycles. The molecule has 0 saturated carbocycles. The molecule has 0 N–H and O–H groups in total. The summed E-state index contributed by atoms with van der Waals surface area (Å²) in [5.41, 5.74) is 0. The van der Waals surface area contributed by atoms with Crippen LogP contribution < -0.4 is 0 Å². The van der Waals surface area contributed by atoms with Gasteiger partial charge < -0.3 is 13.8 Å². The minimum absolute atomic E-state index is 0.446. The molecule has 16 heavy (non-hydrogen) atoms. The molecule has 1 aliphatic rings. The summed E-state index contributed by atoms with van der Waals surface area (Å²) < 4.78 is 27.4. The third kappa shape index (κ3) is 2.37. The Hall–Kier alpha value is -0.640. The van der Waals surface area contributed by atoms with Crippen LogP contribution in [0.3, 0.4) is 0 Å². The van der Waals surface area contributed by atoms with Crippen LogP contribution in [0.2, 0.25) is 0 Å². The monoisotopic (exact) mass is 248 g/mol. The fraction of sp³-hybridized carbons (Fsp3) is 0.700. The van der Waals surface area contributed by atoms with Gasteiger partial charge in [0.25, 0.3) is 0 Å². The van der Waals surface area contributed by atoms with E-state index in [1.54, 1.807) is 6.08 Å². The Morgan fingerprint density at radius 1 is 1.38 bits per heavy atom. The van der Waals surface area contributed by atoms with Crippen molar-refractivity contribution < 1.29 is 23.1 Å². The Kier molecular flexibility index (Phi) is 4.30. The maximum absolute atomic E-state index is 12.4. The van der Waals surface area contributed by atoms with Crippen molar-refractivity contribution in [2.75, 3.05) is 14.2 Å². The van der Waals surface area contributed by atoms with E-state index in [-0.39, 0.29) is 0 Å². The van der Waals surface area contributed by atoms with E-state index in [9.17, 15) is 9.36 Å². The van der Waals surface area contributed by atoms with E-state index < -0.39 is 18.9 Å². The molecular weight excluding hydrogens is 231 g/mol. The Morgan fingerprint density at radius 2 is 2.00 bits per heavy atom. The normalized spacial score (nSPS) is 25.4. The van der Waals surface area contributed by atoms with Gasteiger partial charge >= 0.3 is 13.6 Å². The molecule has 6 heteroatoms. The molecule has 5 nitrogen and oxygen atoms in total. The van der Waals surface area contributed by atoms with Gasteiger partial charge in [-0.25, -0.2) is 0 Å². The summed E-state index contributed by atoms with van der Waals surface area (Å²) in [7, 11) is -0.892. The molecular formula is C10H17O5P. The summed E-state index contributed by atoms with van der Waals surface area (Å²) in [6.07, 6.45) is 5.54. The molecule has 0 aromatic carbocycles. The Balaban J connectivity index is 3.12. The number of hydrogen-bond acceptors (Lipinski definition) is 5. The SMILES string of the molecule is COP(=O)(OC)C1(OC(C)=O)C=CCCC1. The lowest BCUT2D eigenvalue weighted by Gasteiger charge is -2.36. The van der Waals surface area contributed by atoms with Gasteiger partial charge in [0.1, 0.15) is 0 Å². The number of hydrogen-bond donors (Lipinski definition) is 0. The zero-order valence-electron chi connectivity index (χ0n) is 9.76. The summed E-state index contributed by atoms with van der Waals surface area (Å²) in [5.74, 6) is -0.499. The molecule has 1 rings (SSSR count). The lowest BCUT2D eigenvalue weighted by Crippen LogP contribution is -2.34. The molecule has 0 saturated heterocycles. The zero-order valence-corrected chi connectivity index (χ0v) is 10.7. The lowest BCUT2D eigenvalue weighted by molar-refractivity contribution is -0.148. The molecule has 92 valence electrons. The van der Waals surface area contributed by atoms with Crippen LogP contribution in [0.1, 0.15) is 26.2 Å². The van der Waals surface area contributed by atoms with Gasteiger partial charge in [0.05, 0.1) is 0 Å². The number of carbonyl (C=O) groups excluding carboxylic acids is 1. The van der Waals surface area contributed by atoms with Gasteiger partial charge in [-0.1, -0.05) is 6.08 Å². The number of allylic oxidation sites excluding steroid dienone is 1. The maximum atomic E-state index is 12.4. The molecule has 1 unspecified atom stereocenters. The first kappa shape index (κ1) is 13.4. The number of ether oxygens (including phenoxy) is 1. The van der Waals surface area contributed by atoms with Crippen LogP contribution in [0, 0.1) is 0 Å². The molecule has 0 aromatic heterocycles. The van der Waals surface area contributed by atoms with Gasteiger partial charge in [0.2, 0.25) is 5.34 Å². The molecule has 0 fully saturated rings. The van der Waals surface area contributed by atoms with Crippen LogP contribution in [0.25, 0.3) is 0 Å². The summed E-state index contributed by atoms with van der Waals surface area (Å²) in [4.78, 5) is 11.1. The highest BCUT2D eigenvalue weighted by molar-refractivity contribution is 7.55. The second-order valence-electron chi connectivity index (χ2n) is 3.60. The fourth-order valence-electron chi connectivity index (χ4n) is 1.83. The van der Waals surface area contributed by atoms with Crippen molar-refractivity contribution in [3.63, 3.8) is 0 Å². The van der Waals surface area contributed by atoms with Crippen molar-refractivity contribution >= 4 is 13.6 Å². The average molecular weight is 248 g/mol. The first-order valence-corrected chi connectivity index (χ1v) is 6.63. The highest BCUT2D eigenvalue weighted by Gasteiger charge is 2.51. The fourth-order valence-corrected chi connectivity index (χ4v) is 3.55. The van der Waals surface area contributed by atoms with Crippen LogP contribution in [0.5, 0.6) is 0 Å². The Bertz CT molecular complexity index is 330. The Labute approximate surface area is 95.3 Å². The third-order valence-electron chi connectivity index (χ3n) is 2.55. The van der Waals surface area contributed by atoms with Gasteiger partial charge in [-0.15, -0.1) is 0 Å². The smallest absolute Gasteiger partial charge is 0.377 e. The third-order valence-corrected chi connectivity index (χ3v) is 4.90. The maximum Gasteiger partial charge on any atom is 0.377 e. The van der Waals surface area contributed by atoms with Crippen molar-refractivity contribution in [1.29, 1.82) is 0 Å². The van der Waals surface area contributed by atoms with Crippen LogP contribution in [-0.2, 0) is 23.1 Å². The van der Waals surface area contributed by atoms with E-state index in [4.69, 9.17) is 13.8 Å². The van der Waals surface area contributed by atoms with E-state index in [2.05, 4.69) is 0 Å². The summed E-state index contributed by atoms with van der Waals surface area (Å²) in [5, 5.41) is -1.26. The van der Waals surface area contributed by atoms with Gasteiger partial charge in [0, 0.05) is 27.6 Å². The van der Waals surface area contributed by atoms with Crippen LogP contribution >= 0.6 is 7.60 Å². The van der Waals surface area contributed by atoms with Crippen LogP contribution in [-0.4, -0.2) is 25.5 Å². The van der Waals surface area contributed by atoms with Crippen molar-refractivity contribution in [2.24, 2.45) is 0 Å². The predicted octanol–water partition coefficient (Wildman–Crippen LogP) is 2.47. The van der Waals surface area contributed by atoms with Gasteiger partial charge in [-0.05, 0) is 18.9 Å². The summed E-state index contributed by atoms with van der Waals surface area (Å²) in [6, 6.07) is 0. The van der Waals surface area contributed by atoms with Crippen molar-refractivity contribution in [3.05, 3.63) is 12.2 Å². The van der Waals surface area contributed by atoms with Crippen molar-refractivity contribution in [1.82, 2.24) is 0 Å². The highest BCUT2D eigenvalue weighted by atomic mass is 31.2. The lowest BCUT2D eigenvalue weighted by atomic mass is 10.0. The van der Waals surface area contributed by atoms with Gasteiger partial charge in [-0.3, -0.25) is 9.36 Å².